The molecule has 0 saturated heterocycles. The number of carboxylic acid groups (broad SMARTS) is 1. The smallest absolute Gasteiger partial charge is 0.303 e. The summed E-state index contributed by atoms with van der Waals surface area (Å²) in [6.45, 7) is 10.6. The largest absolute Gasteiger partial charge is 0.513 e. The van der Waals surface area contributed by atoms with Crippen molar-refractivity contribution in [1.82, 2.24) is 0 Å². The first-order valence-electron chi connectivity index (χ1n) is 17.1. The zero-order chi connectivity index (χ0) is 32.5. The van der Waals surface area contributed by atoms with Gasteiger partial charge in [-0.1, -0.05) is 63.3 Å². The molecule has 0 heterocycles. The highest BCUT2D eigenvalue weighted by Crippen LogP contribution is 2.10. The van der Waals surface area contributed by atoms with Crippen molar-refractivity contribution in [3.63, 3.8) is 0 Å². The normalized spacial score (nSPS) is 13.6. The molecule has 0 radical (unpaired) electrons. The molecule has 0 spiro atoms. The van der Waals surface area contributed by atoms with Gasteiger partial charge in [0.2, 0.25) is 0 Å². The van der Waals surface area contributed by atoms with Crippen LogP contribution in [0.1, 0.15) is 89.9 Å². The van der Waals surface area contributed by atoms with E-state index < -0.39 is 5.97 Å². The fourth-order valence-electron chi connectivity index (χ4n) is 4.54. The summed E-state index contributed by atoms with van der Waals surface area (Å²) in [6, 6.07) is 0. The maximum absolute atomic E-state index is 10.6. The monoisotopic (exact) mass is 642 g/mol. The number of aliphatic hydroxyl groups is 1. The maximum atomic E-state index is 10.6. The molecule has 262 valence electrons. The van der Waals surface area contributed by atoms with Crippen LogP contribution in [0.3, 0.4) is 0 Å². The minimum Gasteiger partial charge on any atom is -0.513 e. The Morgan fingerprint density at radius 2 is 1.13 bits per heavy atom. The second-order valence-electron chi connectivity index (χ2n) is 11.3. The van der Waals surface area contributed by atoms with Crippen molar-refractivity contribution in [2.75, 3.05) is 85.9 Å². The van der Waals surface area contributed by atoms with Crippen molar-refractivity contribution < 1.29 is 48.2 Å². The Labute approximate surface area is 272 Å². The molecule has 0 saturated carbocycles. The highest BCUT2D eigenvalue weighted by atomic mass is 16.6. The quantitative estimate of drug-likeness (QED) is 0.0579. The lowest BCUT2D eigenvalue weighted by Gasteiger charge is -2.18. The molecule has 0 aromatic carbocycles. The summed E-state index contributed by atoms with van der Waals surface area (Å²) in [5.74, 6) is -0.465. The lowest BCUT2D eigenvalue weighted by atomic mass is 10.1. The first-order chi connectivity index (χ1) is 22.1. The second-order valence-corrected chi connectivity index (χ2v) is 11.3. The Bertz CT molecular complexity index is 755. The van der Waals surface area contributed by atoms with E-state index in [9.17, 15) is 4.79 Å². The van der Waals surface area contributed by atoms with E-state index in [1.54, 1.807) is 0 Å². The molecular formula is C35H62O10. The van der Waals surface area contributed by atoms with E-state index in [0.717, 1.165) is 77.0 Å². The van der Waals surface area contributed by atoms with Crippen molar-refractivity contribution in [2.45, 2.75) is 96.0 Å². The molecule has 45 heavy (non-hydrogen) atoms. The van der Waals surface area contributed by atoms with Crippen LogP contribution in [0.25, 0.3) is 0 Å². The van der Waals surface area contributed by atoms with Gasteiger partial charge in [0.25, 0.3) is 0 Å². The average molecular weight is 643 g/mol. The maximum Gasteiger partial charge on any atom is 0.303 e. The number of rotatable bonds is 35. The minimum absolute atomic E-state index is 0.137. The zero-order valence-electron chi connectivity index (χ0n) is 27.8. The van der Waals surface area contributed by atoms with Crippen molar-refractivity contribution in [2.24, 2.45) is 0 Å². The molecule has 1 aliphatic carbocycles. The van der Waals surface area contributed by atoms with E-state index in [1.807, 2.05) is 0 Å². The number of carboxylic acids is 1. The van der Waals surface area contributed by atoms with Gasteiger partial charge in [0.15, 0.2) is 0 Å². The summed E-state index contributed by atoms with van der Waals surface area (Å²) in [7, 11) is 0. The van der Waals surface area contributed by atoms with E-state index in [2.05, 4.69) is 24.8 Å². The Balaban J connectivity index is 2.02. The Hall–Kier alpha value is -1.79. The SMILES string of the molecule is C=C(O)CCCCCCCOCC(COCCOCCOCCOCCOCC1=CCCC=C1)OCCCCCCCC(=O)O. The number of hydrogen-bond donors (Lipinski definition) is 2. The molecule has 10 heteroatoms. The molecule has 10 nitrogen and oxygen atoms in total. The molecule has 0 aromatic rings. The lowest BCUT2D eigenvalue weighted by molar-refractivity contribution is -0.137. The van der Waals surface area contributed by atoms with Crippen LogP contribution in [0.15, 0.2) is 36.1 Å². The van der Waals surface area contributed by atoms with Gasteiger partial charge in [0.05, 0.1) is 78.4 Å². The molecule has 0 bridgehead atoms. The molecule has 2 N–H and O–H groups in total. The topological polar surface area (TPSA) is 122 Å². The second kappa shape index (κ2) is 32.2. The highest BCUT2D eigenvalue weighted by molar-refractivity contribution is 5.66. The van der Waals surface area contributed by atoms with Crippen LogP contribution in [0.2, 0.25) is 0 Å². The van der Waals surface area contributed by atoms with Gasteiger partial charge in [-0.05, 0) is 44.1 Å². The number of carbonyl (C=O) groups is 1. The summed E-state index contributed by atoms with van der Waals surface area (Å²) < 4.78 is 40.1. The standard InChI is InChI=1S/C35H62O10/c1-32(36)15-9-4-2-6-13-19-42-30-34(45-20-14-7-3-5-12-18-35(37)38)31-44-28-26-41-24-22-39-21-23-40-25-27-43-29-33-16-10-8-11-17-33/h10,16-17,34,36H,1-9,11-15,18-31H2,(H,37,38). The van der Waals surface area contributed by atoms with Gasteiger partial charge < -0.3 is 43.4 Å². The third-order valence-electron chi connectivity index (χ3n) is 7.08. The molecule has 1 aliphatic rings. The number of aliphatic carboxylic acids is 1. The van der Waals surface area contributed by atoms with Crippen LogP contribution < -0.4 is 0 Å². The van der Waals surface area contributed by atoms with Gasteiger partial charge in [-0.3, -0.25) is 4.79 Å². The Kier molecular flexibility index (Phi) is 29.5. The summed E-state index contributed by atoms with van der Waals surface area (Å²) in [6.07, 6.45) is 19.4. The van der Waals surface area contributed by atoms with Gasteiger partial charge in [-0.15, -0.1) is 0 Å². The van der Waals surface area contributed by atoms with Gasteiger partial charge in [-0.2, -0.15) is 0 Å². The van der Waals surface area contributed by atoms with Gasteiger partial charge in [-0.25, -0.2) is 0 Å². The molecule has 1 rings (SSSR count). The number of aliphatic hydroxyl groups excluding tert-OH is 1. The molecular weight excluding hydrogens is 580 g/mol. The Morgan fingerprint density at radius 1 is 0.622 bits per heavy atom. The zero-order valence-corrected chi connectivity index (χ0v) is 27.8. The van der Waals surface area contributed by atoms with E-state index in [0.29, 0.717) is 92.3 Å². The van der Waals surface area contributed by atoms with Crippen LogP contribution in [-0.2, 0) is 38.0 Å². The first kappa shape index (κ1) is 41.2. The number of ether oxygens (including phenoxy) is 7. The minimum atomic E-state index is -0.729. The molecule has 0 fully saturated rings. The van der Waals surface area contributed by atoms with Crippen LogP contribution in [0.4, 0.5) is 0 Å². The molecule has 0 aliphatic heterocycles. The predicted octanol–water partition coefficient (Wildman–Crippen LogP) is 6.59. The first-order valence-corrected chi connectivity index (χ1v) is 17.1. The number of hydrogen-bond acceptors (Lipinski definition) is 9. The third kappa shape index (κ3) is 30.6. The number of unbranched alkanes of at least 4 members (excludes halogenated alkanes) is 8. The van der Waals surface area contributed by atoms with Gasteiger partial charge in [0, 0.05) is 26.1 Å². The number of allylic oxidation sites excluding steroid dienone is 3. The van der Waals surface area contributed by atoms with Crippen molar-refractivity contribution in [3.8, 4) is 0 Å². The van der Waals surface area contributed by atoms with Crippen LogP contribution >= 0.6 is 0 Å². The van der Waals surface area contributed by atoms with Crippen molar-refractivity contribution >= 4 is 5.97 Å². The molecule has 0 amide bonds. The summed E-state index contributed by atoms with van der Waals surface area (Å²) >= 11 is 0. The third-order valence-corrected chi connectivity index (χ3v) is 7.08. The fourth-order valence-corrected chi connectivity index (χ4v) is 4.54. The van der Waals surface area contributed by atoms with Crippen molar-refractivity contribution in [1.29, 1.82) is 0 Å². The van der Waals surface area contributed by atoms with Crippen LogP contribution in [0, 0.1) is 0 Å². The fraction of sp³-hybridized carbons (Fsp3) is 0.800. The van der Waals surface area contributed by atoms with E-state index in [-0.39, 0.29) is 18.3 Å². The Morgan fingerprint density at radius 3 is 1.71 bits per heavy atom. The summed E-state index contributed by atoms with van der Waals surface area (Å²) in [4.78, 5) is 10.6. The van der Waals surface area contributed by atoms with Crippen LogP contribution in [0.5, 0.6) is 0 Å². The summed E-state index contributed by atoms with van der Waals surface area (Å²) in [5, 5.41) is 17.9. The molecule has 1 atom stereocenters. The predicted molar refractivity (Wildman–Crippen MR) is 176 cm³/mol. The van der Waals surface area contributed by atoms with Crippen LogP contribution in [-0.4, -0.2) is 108 Å². The highest BCUT2D eigenvalue weighted by Gasteiger charge is 2.10. The molecule has 0 aromatic heterocycles. The van der Waals surface area contributed by atoms with E-state index in [4.69, 9.17) is 43.4 Å². The van der Waals surface area contributed by atoms with Gasteiger partial charge >= 0.3 is 5.97 Å². The molecule has 1 unspecified atom stereocenters. The lowest BCUT2D eigenvalue weighted by Crippen LogP contribution is -2.27. The average Bonchev–Trinajstić information content (AvgIpc) is 3.03. The van der Waals surface area contributed by atoms with E-state index in [1.165, 1.54) is 5.57 Å². The summed E-state index contributed by atoms with van der Waals surface area (Å²) in [5.41, 5.74) is 1.24. The van der Waals surface area contributed by atoms with Gasteiger partial charge in [0.1, 0.15) is 6.10 Å². The van der Waals surface area contributed by atoms with E-state index >= 15 is 0 Å². The van der Waals surface area contributed by atoms with Crippen molar-refractivity contribution in [3.05, 3.63) is 36.1 Å².